The first-order chi connectivity index (χ1) is 16.9. The van der Waals surface area contributed by atoms with Gasteiger partial charge >= 0.3 is 6.18 Å². The van der Waals surface area contributed by atoms with E-state index in [0.717, 1.165) is 16.5 Å². The van der Waals surface area contributed by atoms with Gasteiger partial charge in [-0.25, -0.2) is 18.7 Å². The minimum absolute atomic E-state index is 0.0302. The molecular weight excluding hydrogens is 501 g/mol. The summed E-state index contributed by atoms with van der Waals surface area (Å²) in [5.74, 6) is -4.18. The first kappa shape index (κ1) is 25.9. The van der Waals surface area contributed by atoms with Crippen molar-refractivity contribution in [3.8, 4) is 10.6 Å². The second kappa shape index (κ2) is 9.72. The number of hydrogen-bond acceptors (Lipinski definition) is 6. The maximum absolute atomic E-state index is 14.6. The molecule has 1 N–H and O–H groups in total. The summed E-state index contributed by atoms with van der Waals surface area (Å²) < 4.78 is 67.7. The summed E-state index contributed by atoms with van der Waals surface area (Å²) in [6.07, 6.45) is -2.66. The van der Waals surface area contributed by atoms with Crippen molar-refractivity contribution in [2.75, 3.05) is 18.4 Å². The number of hydrogen-bond donors (Lipinski definition) is 1. The van der Waals surface area contributed by atoms with E-state index in [9.17, 15) is 26.7 Å². The van der Waals surface area contributed by atoms with Gasteiger partial charge in [0.25, 0.3) is 11.8 Å². The number of alkyl halides is 5. The summed E-state index contributed by atoms with van der Waals surface area (Å²) in [7, 11) is 0. The highest BCUT2D eigenvalue weighted by molar-refractivity contribution is 7.15. The lowest BCUT2D eigenvalue weighted by Crippen LogP contribution is -2.57. The maximum Gasteiger partial charge on any atom is 0.417 e. The molecule has 3 aromatic heterocycles. The number of likely N-dealkylation sites (tertiary alicyclic amines) is 1. The maximum atomic E-state index is 14.6. The number of aromatic nitrogens is 3. The minimum Gasteiger partial charge on any atom is -0.368 e. The molecule has 1 aliphatic rings. The highest BCUT2D eigenvalue weighted by atomic mass is 32.1. The molecule has 3 aromatic rings. The fourth-order valence-electron chi connectivity index (χ4n) is 4.35. The second-order valence-electron chi connectivity index (χ2n) is 8.93. The SMILES string of the molecule is Cc1nc(C(=O)N2CC(F)(F)C[C@@H](C)[C@H]2CNc2ccc(C(F)(F)F)cn2)c(-c2ncccc2C)s1. The largest absolute Gasteiger partial charge is 0.417 e. The predicted molar refractivity (Wildman–Crippen MR) is 126 cm³/mol. The first-order valence-electron chi connectivity index (χ1n) is 11.2. The highest BCUT2D eigenvalue weighted by Crippen LogP contribution is 2.38. The molecule has 4 heterocycles. The zero-order valence-electron chi connectivity index (χ0n) is 19.7. The minimum atomic E-state index is -4.52. The van der Waals surface area contributed by atoms with Crippen LogP contribution >= 0.6 is 11.3 Å². The number of pyridine rings is 2. The van der Waals surface area contributed by atoms with Crippen LogP contribution in [0.15, 0.2) is 36.7 Å². The summed E-state index contributed by atoms with van der Waals surface area (Å²) >= 11 is 1.26. The highest BCUT2D eigenvalue weighted by Gasteiger charge is 2.47. The Morgan fingerprint density at radius 1 is 1.22 bits per heavy atom. The zero-order valence-corrected chi connectivity index (χ0v) is 20.6. The van der Waals surface area contributed by atoms with Crippen LogP contribution in [0.2, 0.25) is 0 Å². The number of aryl methyl sites for hydroxylation is 2. The topological polar surface area (TPSA) is 71.0 Å². The average Bonchev–Trinajstić information content (AvgIpc) is 3.18. The first-order valence-corrected chi connectivity index (χ1v) is 12.0. The van der Waals surface area contributed by atoms with Gasteiger partial charge in [-0.05, 0) is 43.5 Å². The Morgan fingerprint density at radius 3 is 2.61 bits per heavy atom. The molecule has 1 saturated heterocycles. The summed E-state index contributed by atoms with van der Waals surface area (Å²) in [4.78, 5) is 27.8. The van der Waals surface area contributed by atoms with Gasteiger partial charge in [0.05, 0.1) is 33.7 Å². The average molecular weight is 526 g/mol. The van der Waals surface area contributed by atoms with Crippen LogP contribution in [0.5, 0.6) is 0 Å². The Hall–Kier alpha value is -3.15. The van der Waals surface area contributed by atoms with Gasteiger partial charge in [0.15, 0.2) is 0 Å². The van der Waals surface area contributed by atoms with E-state index < -0.39 is 48.5 Å². The van der Waals surface area contributed by atoms with Gasteiger partial charge in [0.2, 0.25) is 0 Å². The van der Waals surface area contributed by atoms with E-state index in [2.05, 4.69) is 20.3 Å². The van der Waals surface area contributed by atoms with E-state index in [4.69, 9.17) is 0 Å². The van der Waals surface area contributed by atoms with Gasteiger partial charge in [-0.2, -0.15) is 13.2 Å². The summed E-state index contributed by atoms with van der Waals surface area (Å²) in [6, 6.07) is 4.99. The molecule has 0 unspecified atom stereocenters. The molecule has 1 aliphatic heterocycles. The third-order valence-corrected chi connectivity index (χ3v) is 7.06. The quantitative estimate of drug-likeness (QED) is 0.424. The molecule has 0 bridgehead atoms. The summed E-state index contributed by atoms with van der Waals surface area (Å²) in [5.41, 5.74) is 0.541. The number of anilines is 1. The number of rotatable bonds is 5. The summed E-state index contributed by atoms with van der Waals surface area (Å²) in [5, 5.41) is 3.50. The number of carbonyl (C=O) groups is 1. The zero-order chi connectivity index (χ0) is 26.3. The van der Waals surface area contributed by atoms with Gasteiger partial charge < -0.3 is 10.2 Å². The van der Waals surface area contributed by atoms with E-state index in [1.54, 1.807) is 26.1 Å². The second-order valence-corrected chi connectivity index (χ2v) is 10.1. The molecule has 0 aliphatic carbocycles. The molecule has 0 saturated carbocycles. The molecule has 12 heteroatoms. The lowest BCUT2D eigenvalue weighted by molar-refractivity contribution is -0.137. The normalized spacial score (nSPS) is 19.8. The van der Waals surface area contributed by atoms with Crippen molar-refractivity contribution in [3.63, 3.8) is 0 Å². The van der Waals surface area contributed by atoms with E-state index in [1.165, 1.54) is 17.4 Å². The molecule has 1 amide bonds. The van der Waals surface area contributed by atoms with E-state index >= 15 is 0 Å². The number of piperidine rings is 1. The molecule has 2 atom stereocenters. The van der Waals surface area contributed by atoms with Crippen LogP contribution in [0, 0.1) is 19.8 Å². The van der Waals surface area contributed by atoms with Crippen LogP contribution in [0.1, 0.15) is 40.0 Å². The molecule has 0 radical (unpaired) electrons. The third-order valence-electron chi connectivity index (χ3n) is 6.08. The van der Waals surface area contributed by atoms with Crippen LogP contribution in [-0.4, -0.2) is 50.8 Å². The van der Waals surface area contributed by atoms with Gasteiger partial charge in [-0.15, -0.1) is 11.3 Å². The van der Waals surface area contributed by atoms with Crippen molar-refractivity contribution in [1.29, 1.82) is 0 Å². The molecule has 6 nitrogen and oxygen atoms in total. The molecule has 0 aromatic carbocycles. The van der Waals surface area contributed by atoms with Crippen LogP contribution in [-0.2, 0) is 6.18 Å². The number of nitrogens with one attached hydrogen (secondary N) is 1. The lowest BCUT2D eigenvalue weighted by Gasteiger charge is -2.43. The van der Waals surface area contributed by atoms with Gasteiger partial charge in [0, 0.05) is 25.4 Å². The molecule has 36 heavy (non-hydrogen) atoms. The van der Waals surface area contributed by atoms with Gasteiger partial charge in [-0.3, -0.25) is 9.78 Å². The van der Waals surface area contributed by atoms with Crippen LogP contribution in [0.4, 0.5) is 27.8 Å². The molecular formula is C24H24F5N5OS. The number of nitrogens with zero attached hydrogens (tertiary/aromatic N) is 4. The Bertz CT molecular complexity index is 1240. The summed E-state index contributed by atoms with van der Waals surface area (Å²) in [6.45, 7) is 4.43. The van der Waals surface area contributed by atoms with Crippen molar-refractivity contribution >= 4 is 23.1 Å². The smallest absolute Gasteiger partial charge is 0.368 e. The monoisotopic (exact) mass is 525 g/mol. The number of carbonyl (C=O) groups excluding carboxylic acids is 1. The number of amides is 1. The van der Waals surface area contributed by atoms with Crippen LogP contribution < -0.4 is 5.32 Å². The molecule has 1 fully saturated rings. The standard InChI is InChI=1S/C24H24F5N5OS/c1-13-5-4-8-30-19(13)21-20(33-15(3)36-21)22(35)34-12-23(25,26)9-14(2)17(34)11-32-18-7-6-16(10-31-18)24(27,28)29/h4-8,10,14,17H,9,11-12H2,1-3H3,(H,31,32)/t14-,17-/m1/s1. The Morgan fingerprint density at radius 2 is 1.97 bits per heavy atom. The van der Waals surface area contributed by atoms with E-state index in [1.807, 2.05) is 13.0 Å². The van der Waals surface area contributed by atoms with Gasteiger partial charge in [-0.1, -0.05) is 13.0 Å². The van der Waals surface area contributed by atoms with E-state index in [0.29, 0.717) is 21.8 Å². The Balaban J connectivity index is 1.62. The fraction of sp³-hybridized carbons (Fsp3) is 0.417. The Labute approximate surface area is 208 Å². The molecule has 4 rings (SSSR count). The van der Waals surface area contributed by atoms with E-state index in [-0.39, 0.29) is 18.1 Å². The number of halogens is 5. The van der Waals surface area contributed by atoms with Crippen LogP contribution in [0.25, 0.3) is 10.6 Å². The molecule has 192 valence electrons. The van der Waals surface area contributed by atoms with Crippen molar-refractivity contribution < 1.29 is 26.7 Å². The third kappa shape index (κ3) is 5.48. The van der Waals surface area contributed by atoms with Crippen molar-refractivity contribution in [2.24, 2.45) is 5.92 Å². The van der Waals surface area contributed by atoms with Gasteiger partial charge in [0.1, 0.15) is 11.5 Å². The van der Waals surface area contributed by atoms with Crippen molar-refractivity contribution in [3.05, 3.63) is 58.5 Å². The number of thiazole rings is 1. The Kier molecular flexibility index (Phi) is 7.00. The lowest BCUT2D eigenvalue weighted by atomic mass is 9.88. The van der Waals surface area contributed by atoms with Crippen molar-refractivity contribution in [2.45, 2.75) is 45.3 Å². The fourth-order valence-corrected chi connectivity index (χ4v) is 5.32. The molecule has 0 spiro atoms. The van der Waals surface area contributed by atoms with Crippen LogP contribution in [0.3, 0.4) is 0 Å². The van der Waals surface area contributed by atoms with Crippen molar-refractivity contribution in [1.82, 2.24) is 19.9 Å². The predicted octanol–water partition coefficient (Wildman–Crippen LogP) is 5.83.